The SMILES string of the molecule is CCNC(c1ccccc1Br)C1CCC(C)CC1. The highest BCUT2D eigenvalue weighted by Gasteiger charge is 2.27. The topological polar surface area (TPSA) is 12.0 Å². The Bertz CT molecular complexity index is 369. The van der Waals surface area contributed by atoms with Crippen molar-refractivity contribution in [2.75, 3.05) is 6.54 Å². The molecule has 0 amide bonds. The molecular weight excluding hydrogens is 286 g/mol. The second kappa shape index (κ2) is 6.72. The van der Waals surface area contributed by atoms with Gasteiger partial charge in [-0.1, -0.05) is 60.8 Å². The first-order valence-corrected chi connectivity index (χ1v) is 7.99. The number of hydrogen-bond acceptors (Lipinski definition) is 1. The van der Waals surface area contributed by atoms with E-state index in [0.29, 0.717) is 6.04 Å². The van der Waals surface area contributed by atoms with Crippen molar-refractivity contribution < 1.29 is 0 Å². The lowest BCUT2D eigenvalue weighted by atomic mass is 9.77. The van der Waals surface area contributed by atoms with E-state index in [1.807, 2.05) is 0 Å². The average molecular weight is 310 g/mol. The fraction of sp³-hybridized carbons (Fsp3) is 0.625. The smallest absolute Gasteiger partial charge is 0.0359 e. The van der Waals surface area contributed by atoms with Crippen molar-refractivity contribution in [3.05, 3.63) is 34.3 Å². The van der Waals surface area contributed by atoms with Gasteiger partial charge < -0.3 is 5.32 Å². The molecule has 1 aromatic carbocycles. The fourth-order valence-electron chi connectivity index (χ4n) is 3.10. The van der Waals surface area contributed by atoms with Crippen LogP contribution >= 0.6 is 15.9 Å². The van der Waals surface area contributed by atoms with E-state index in [9.17, 15) is 0 Å². The molecule has 0 radical (unpaired) electrons. The Morgan fingerprint density at radius 3 is 2.50 bits per heavy atom. The number of benzene rings is 1. The highest BCUT2D eigenvalue weighted by Crippen LogP contribution is 2.38. The van der Waals surface area contributed by atoms with E-state index in [2.05, 4.69) is 59.4 Å². The van der Waals surface area contributed by atoms with Crippen LogP contribution in [-0.4, -0.2) is 6.54 Å². The summed E-state index contributed by atoms with van der Waals surface area (Å²) in [6.45, 7) is 5.63. The number of nitrogens with one attached hydrogen (secondary N) is 1. The zero-order valence-corrected chi connectivity index (χ0v) is 13.0. The van der Waals surface area contributed by atoms with Crippen molar-refractivity contribution in [2.45, 2.75) is 45.6 Å². The first-order valence-electron chi connectivity index (χ1n) is 7.20. The van der Waals surface area contributed by atoms with Gasteiger partial charge in [-0.25, -0.2) is 0 Å². The summed E-state index contributed by atoms with van der Waals surface area (Å²) in [5.74, 6) is 1.71. The predicted molar refractivity (Wildman–Crippen MR) is 81.7 cm³/mol. The van der Waals surface area contributed by atoms with Gasteiger partial charge in [0.15, 0.2) is 0 Å². The Balaban J connectivity index is 2.15. The van der Waals surface area contributed by atoms with Crippen LogP contribution in [0.1, 0.15) is 51.1 Å². The van der Waals surface area contributed by atoms with Crippen molar-refractivity contribution in [1.82, 2.24) is 5.32 Å². The van der Waals surface area contributed by atoms with Crippen LogP contribution in [0.25, 0.3) is 0 Å². The van der Waals surface area contributed by atoms with Crippen LogP contribution in [0.4, 0.5) is 0 Å². The Morgan fingerprint density at radius 2 is 1.89 bits per heavy atom. The molecule has 0 spiro atoms. The summed E-state index contributed by atoms with van der Waals surface area (Å²) in [7, 11) is 0. The minimum Gasteiger partial charge on any atom is -0.310 e. The molecule has 1 fully saturated rings. The van der Waals surface area contributed by atoms with Crippen LogP contribution < -0.4 is 5.32 Å². The lowest BCUT2D eigenvalue weighted by Crippen LogP contribution is -2.31. The van der Waals surface area contributed by atoms with Crippen LogP contribution in [0.3, 0.4) is 0 Å². The van der Waals surface area contributed by atoms with E-state index >= 15 is 0 Å². The van der Waals surface area contributed by atoms with E-state index in [-0.39, 0.29) is 0 Å². The molecule has 0 bridgehead atoms. The third-order valence-corrected chi connectivity index (χ3v) is 4.92. The second-order valence-corrected chi connectivity index (χ2v) is 6.43. The van der Waals surface area contributed by atoms with Gasteiger partial charge in [-0.2, -0.15) is 0 Å². The molecular formula is C16H24BrN. The third kappa shape index (κ3) is 3.36. The molecule has 0 heterocycles. The summed E-state index contributed by atoms with van der Waals surface area (Å²) in [6, 6.07) is 9.17. The molecule has 1 aliphatic rings. The van der Waals surface area contributed by atoms with Crippen molar-refractivity contribution >= 4 is 15.9 Å². The first-order chi connectivity index (χ1) is 8.72. The average Bonchev–Trinajstić information content (AvgIpc) is 2.38. The van der Waals surface area contributed by atoms with Gasteiger partial charge >= 0.3 is 0 Å². The van der Waals surface area contributed by atoms with Gasteiger partial charge in [0.1, 0.15) is 0 Å². The molecule has 2 rings (SSSR count). The second-order valence-electron chi connectivity index (χ2n) is 5.58. The van der Waals surface area contributed by atoms with Gasteiger partial charge in [-0.3, -0.25) is 0 Å². The lowest BCUT2D eigenvalue weighted by molar-refractivity contribution is 0.233. The van der Waals surface area contributed by atoms with Gasteiger partial charge in [0.2, 0.25) is 0 Å². The Morgan fingerprint density at radius 1 is 1.22 bits per heavy atom. The van der Waals surface area contributed by atoms with E-state index in [1.165, 1.54) is 35.7 Å². The molecule has 1 aromatic rings. The van der Waals surface area contributed by atoms with Gasteiger partial charge in [-0.05, 0) is 42.9 Å². The van der Waals surface area contributed by atoms with Gasteiger partial charge in [0, 0.05) is 10.5 Å². The molecule has 100 valence electrons. The van der Waals surface area contributed by atoms with E-state index in [0.717, 1.165) is 18.4 Å². The quantitative estimate of drug-likeness (QED) is 0.832. The minimum atomic E-state index is 0.512. The van der Waals surface area contributed by atoms with Gasteiger partial charge in [0.25, 0.3) is 0 Å². The first kappa shape index (κ1) is 14.1. The zero-order valence-electron chi connectivity index (χ0n) is 11.5. The van der Waals surface area contributed by atoms with Gasteiger partial charge in [0.05, 0.1) is 0 Å². The number of hydrogen-bond donors (Lipinski definition) is 1. The molecule has 1 saturated carbocycles. The maximum absolute atomic E-state index is 3.71. The van der Waals surface area contributed by atoms with Gasteiger partial charge in [-0.15, -0.1) is 0 Å². The maximum Gasteiger partial charge on any atom is 0.0359 e. The summed E-state index contributed by atoms with van der Waals surface area (Å²) in [5, 5.41) is 3.69. The summed E-state index contributed by atoms with van der Waals surface area (Å²) >= 11 is 3.71. The Labute approximate surface area is 119 Å². The molecule has 1 nitrogen and oxygen atoms in total. The van der Waals surface area contributed by atoms with E-state index < -0.39 is 0 Å². The molecule has 18 heavy (non-hydrogen) atoms. The van der Waals surface area contributed by atoms with Crippen LogP contribution in [0.5, 0.6) is 0 Å². The molecule has 1 unspecified atom stereocenters. The molecule has 1 aliphatic carbocycles. The summed E-state index contributed by atoms with van der Waals surface area (Å²) in [5.41, 5.74) is 1.43. The normalized spacial score (nSPS) is 25.9. The zero-order chi connectivity index (χ0) is 13.0. The fourth-order valence-corrected chi connectivity index (χ4v) is 3.63. The van der Waals surface area contributed by atoms with Crippen molar-refractivity contribution in [3.8, 4) is 0 Å². The van der Waals surface area contributed by atoms with Crippen molar-refractivity contribution in [3.63, 3.8) is 0 Å². The lowest BCUT2D eigenvalue weighted by Gasteiger charge is -2.34. The summed E-state index contributed by atoms with van der Waals surface area (Å²) in [4.78, 5) is 0. The molecule has 1 N–H and O–H groups in total. The highest BCUT2D eigenvalue weighted by atomic mass is 79.9. The third-order valence-electron chi connectivity index (χ3n) is 4.20. The van der Waals surface area contributed by atoms with E-state index in [4.69, 9.17) is 0 Å². The van der Waals surface area contributed by atoms with E-state index in [1.54, 1.807) is 0 Å². The Kier molecular flexibility index (Phi) is 5.25. The predicted octanol–water partition coefficient (Wildman–Crippen LogP) is 4.93. The molecule has 0 saturated heterocycles. The monoisotopic (exact) mass is 309 g/mol. The molecule has 1 atom stereocenters. The van der Waals surface area contributed by atoms with Crippen LogP contribution in [0.2, 0.25) is 0 Å². The summed E-state index contributed by atoms with van der Waals surface area (Å²) in [6.07, 6.45) is 5.49. The molecule has 0 aromatic heterocycles. The Hall–Kier alpha value is -0.340. The van der Waals surface area contributed by atoms with Crippen LogP contribution in [0.15, 0.2) is 28.7 Å². The number of rotatable bonds is 4. The summed E-state index contributed by atoms with van der Waals surface area (Å²) < 4.78 is 1.24. The highest BCUT2D eigenvalue weighted by molar-refractivity contribution is 9.10. The standard InChI is InChI=1S/C16H24BrN/c1-3-18-16(13-10-8-12(2)9-11-13)14-6-4-5-7-15(14)17/h4-7,12-13,16,18H,3,8-11H2,1-2H3. The van der Waals surface area contributed by atoms with Crippen LogP contribution in [0, 0.1) is 11.8 Å². The van der Waals surface area contributed by atoms with Crippen molar-refractivity contribution in [2.24, 2.45) is 11.8 Å². The van der Waals surface area contributed by atoms with Crippen LogP contribution in [-0.2, 0) is 0 Å². The minimum absolute atomic E-state index is 0.512. The number of halogens is 1. The largest absolute Gasteiger partial charge is 0.310 e. The molecule has 0 aliphatic heterocycles. The van der Waals surface area contributed by atoms with Crippen molar-refractivity contribution in [1.29, 1.82) is 0 Å². The maximum atomic E-state index is 3.71. The molecule has 2 heteroatoms.